The number of thioether (sulfide) groups is 1. The summed E-state index contributed by atoms with van der Waals surface area (Å²) in [5.74, 6) is 1.06. The van der Waals surface area contributed by atoms with E-state index in [4.69, 9.17) is 0 Å². The summed E-state index contributed by atoms with van der Waals surface area (Å²) in [7, 11) is -3.28. The van der Waals surface area contributed by atoms with Crippen molar-refractivity contribution in [3.8, 4) is 0 Å². The summed E-state index contributed by atoms with van der Waals surface area (Å²) < 4.78 is 25.2. The van der Waals surface area contributed by atoms with Crippen LogP contribution >= 0.6 is 27.7 Å². The van der Waals surface area contributed by atoms with Crippen molar-refractivity contribution < 1.29 is 13.2 Å². The van der Waals surface area contributed by atoms with Gasteiger partial charge < -0.3 is 4.90 Å². The monoisotopic (exact) mass is 391 g/mol. The SMILES string of the molecule is CCS(=O)(=O)C1CSCCN1C(=O)c1cc(C)ccc1Br. The fourth-order valence-corrected chi connectivity index (χ4v) is 5.64. The van der Waals surface area contributed by atoms with Gasteiger partial charge in [-0.1, -0.05) is 18.6 Å². The standard InChI is InChI=1S/C14H18BrNO3S2/c1-3-21(18,19)13-9-20-7-6-16(13)14(17)11-8-10(2)4-5-12(11)15/h4-5,8,13H,3,6-7,9H2,1-2H3. The molecule has 0 bridgehead atoms. The summed E-state index contributed by atoms with van der Waals surface area (Å²) in [4.78, 5) is 14.3. The van der Waals surface area contributed by atoms with Crippen LogP contribution in [0.3, 0.4) is 0 Å². The van der Waals surface area contributed by atoms with Crippen LogP contribution < -0.4 is 0 Å². The van der Waals surface area contributed by atoms with Crippen LogP contribution in [0.2, 0.25) is 0 Å². The van der Waals surface area contributed by atoms with Gasteiger partial charge in [0.05, 0.1) is 5.56 Å². The maximum Gasteiger partial charge on any atom is 0.256 e. The Morgan fingerprint density at radius 3 is 2.86 bits per heavy atom. The van der Waals surface area contributed by atoms with Gasteiger partial charge in [0.2, 0.25) is 0 Å². The number of amides is 1. The zero-order valence-electron chi connectivity index (χ0n) is 12.0. The molecule has 4 nitrogen and oxygen atoms in total. The summed E-state index contributed by atoms with van der Waals surface area (Å²) in [6.07, 6.45) is 0. The second-order valence-corrected chi connectivity index (χ2v) is 9.41. The van der Waals surface area contributed by atoms with Gasteiger partial charge in [0.15, 0.2) is 9.84 Å². The minimum Gasteiger partial charge on any atom is -0.320 e. The van der Waals surface area contributed by atoms with E-state index in [9.17, 15) is 13.2 Å². The molecule has 116 valence electrons. The Kier molecular flexibility index (Phi) is 5.38. The topological polar surface area (TPSA) is 54.5 Å². The molecular weight excluding hydrogens is 374 g/mol. The Bertz CT molecular complexity index is 646. The number of rotatable bonds is 3. The first-order valence-electron chi connectivity index (χ1n) is 6.73. The van der Waals surface area contributed by atoms with E-state index in [0.29, 0.717) is 22.3 Å². The zero-order chi connectivity index (χ0) is 15.6. The number of carbonyl (C=O) groups is 1. The van der Waals surface area contributed by atoms with E-state index in [1.54, 1.807) is 24.8 Å². The van der Waals surface area contributed by atoms with Crippen LogP contribution in [0.4, 0.5) is 0 Å². The first kappa shape index (κ1) is 16.8. The molecule has 0 spiro atoms. The lowest BCUT2D eigenvalue weighted by atomic mass is 10.1. The number of hydrogen-bond donors (Lipinski definition) is 0. The average molecular weight is 392 g/mol. The molecule has 0 aliphatic carbocycles. The quantitative estimate of drug-likeness (QED) is 0.794. The van der Waals surface area contributed by atoms with Gasteiger partial charge in [-0.25, -0.2) is 8.42 Å². The summed E-state index contributed by atoms with van der Waals surface area (Å²) in [6.45, 7) is 4.00. The van der Waals surface area contributed by atoms with Crippen molar-refractivity contribution in [1.82, 2.24) is 4.90 Å². The molecule has 1 heterocycles. The average Bonchev–Trinajstić information content (AvgIpc) is 2.49. The third-order valence-corrected chi connectivity index (χ3v) is 7.49. The zero-order valence-corrected chi connectivity index (χ0v) is 15.2. The number of benzene rings is 1. The van der Waals surface area contributed by atoms with Gasteiger partial charge in [-0.15, -0.1) is 0 Å². The van der Waals surface area contributed by atoms with E-state index in [1.807, 2.05) is 19.1 Å². The lowest BCUT2D eigenvalue weighted by molar-refractivity contribution is 0.0748. The fraction of sp³-hybridized carbons (Fsp3) is 0.500. The van der Waals surface area contributed by atoms with Crippen molar-refractivity contribution in [2.45, 2.75) is 19.2 Å². The molecule has 7 heteroatoms. The highest BCUT2D eigenvalue weighted by molar-refractivity contribution is 9.10. The number of nitrogens with zero attached hydrogens (tertiary/aromatic N) is 1. The molecule has 1 aromatic carbocycles. The van der Waals surface area contributed by atoms with Crippen molar-refractivity contribution in [1.29, 1.82) is 0 Å². The Balaban J connectivity index is 2.37. The predicted octanol–water partition coefficient (Wildman–Crippen LogP) is 2.71. The Hall–Kier alpha value is -0.530. The largest absolute Gasteiger partial charge is 0.320 e. The number of hydrogen-bond acceptors (Lipinski definition) is 4. The smallest absolute Gasteiger partial charge is 0.256 e. The summed E-state index contributed by atoms with van der Waals surface area (Å²) in [5, 5.41) is -0.721. The number of carbonyl (C=O) groups excluding carboxylic acids is 1. The molecule has 0 saturated carbocycles. The molecule has 1 atom stereocenters. The minimum absolute atomic E-state index is 0.0526. The van der Waals surface area contributed by atoms with Gasteiger partial charge in [-0.3, -0.25) is 4.79 Å². The number of aryl methyl sites for hydroxylation is 1. The number of sulfone groups is 1. The van der Waals surface area contributed by atoms with Crippen LogP contribution in [-0.4, -0.2) is 48.4 Å². The molecule has 1 aromatic rings. The van der Waals surface area contributed by atoms with Gasteiger partial charge in [-0.05, 0) is 35.0 Å². The highest BCUT2D eigenvalue weighted by Crippen LogP contribution is 2.26. The van der Waals surface area contributed by atoms with Gasteiger partial charge in [-0.2, -0.15) is 11.8 Å². The molecule has 0 N–H and O–H groups in total. The molecule has 1 saturated heterocycles. The Labute approximate surface area is 138 Å². The van der Waals surface area contributed by atoms with Crippen molar-refractivity contribution in [2.24, 2.45) is 0 Å². The lowest BCUT2D eigenvalue weighted by Gasteiger charge is -2.35. The van der Waals surface area contributed by atoms with E-state index in [-0.39, 0.29) is 11.7 Å². The van der Waals surface area contributed by atoms with Gasteiger partial charge in [0, 0.05) is 28.3 Å². The maximum absolute atomic E-state index is 12.8. The predicted molar refractivity (Wildman–Crippen MR) is 90.5 cm³/mol. The summed E-state index contributed by atoms with van der Waals surface area (Å²) >= 11 is 4.97. The fourth-order valence-electron chi connectivity index (χ4n) is 2.26. The number of halogens is 1. The van der Waals surface area contributed by atoms with Crippen molar-refractivity contribution >= 4 is 43.4 Å². The molecule has 1 aliphatic heterocycles. The van der Waals surface area contributed by atoms with E-state index < -0.39 is 15.2 Å². The lowest BCUT2D eigenvalue weighted by Crippen LogP contribution is -2.50. The van der Waals surface area contributed by atoms with E-state index in [2.05, 4.69) is 15.9 Å². The molecular formula is C14H18BrNO3S2. The first-order valence-corrected chi connectivity index (χ1v) is 10.4. The third-order valence-electron chi connectivity index (χ3n) is 3.51. The Morgan fingerprint density at radius 1 is 1.48 bits per heavy atom. The summed E-state index contributed by atoms with van der Waals surface area (Å²) in [6, 6.07) is 5.53. The van der Waals surface area contributed by atoms with Gasteiger partial charge in [0.1, 0.15) is 5.37 Å². The van der Waals surface area contributed by atoms with Crippen LogP contribution in [0.1, 0.15) is 22.8 Å². The second-order valence-electron chi connectivity index (χ2n) is 4.96. The van der Waals surface area contributed by atoms with Crippen molar-refractivity contribution in [2.75, 3.05) is 23.8 Å². The normalized spacial score (nSPS) is 19.6. The molecule has 1 fully saturated rings. The molecule has 1 unspecified atom stereocenters. The molecule has 1 aliphatic rings. The Morgan fingerprint density at radius 2 is 2.19 bits per heavy atom. The molecule has 21 heavy (non-hydrogen) atoms. The molecule has 0 radical (unpaired) electrons. The molecule has 2 rings (SSSR count). The third kappa shape index (κ3) is 3.63. The van der Waals surface area contributed by atoms with Crippen LogP contribution in [-0.2, 0) is 9.84 Å². The van der Waals surface area contributed by atoms with E-state index in [0.717, 1.165) is 11.3 Å². The van der Waals surface area contributed by atoms with Crippen LogP contribution in [0, 0.1) is 6.92 Å². The van der Waals surface area contributed by atoms with E-state index in [1.165, 1.54) is 4.90 Å². The second kappa shape index (κ2) is 6.71. The van der Waals surface area contributed by atoms with E-state index >= 15 is 0 Å². The highest BCUT2D eigenvalue weighted by atomic mass is 79.9. The first-order chi connectivity index (χ1) is 9.86. The van der Waals surface area contributed by atoms with Crippen molar-refractivity contribution in [3.05, 3.63) is 33.8 Å². The minimum atomic E-state index is -3.28. The van der Waals surface area contributed by atoms with Gasteiger partial charge in [0.25, 0.3) is 5.91 Å². The van der Waals surface area contributed by atoms with Crippen LogP contribution in [0.15, 0.2) is 22.7 Å². The highest BCUT2D eigenvalue weighted by Gasteiger charge is 2.36. The maximum atomic E-state index is 12.8. The molecule has 0 aromatic heterocycles. The summed E-state index contributed by atoms with van der Waals surface area (Å²) in [5.41, 5.74) is 1.50. The van der Waals surface area contributed by atoms with Crippen molar-refractivity contribution in [3.63, 3.8) is 0 Å². The van der Waals surface area contributed by atoms with Crippen LogP contribution in [0.25, 0.3) is 0 Å². The van der Waals surface area contributed by atoms with Crippen LogP contribution in [0.5, 0.6) is 0 Å². The van der Waals surface area contributed by atoms with Gasteiger partial charge >= 0.3 is 0 Å². The molecule has 1 amide bonds.